The van der Waals surface area contributed by atoms with Crippen molar-refractivity contribution in [2.24, 2.45) is 11.8 Å². The maximum atomic E-state index is 13.9. The second-order valence-corrected chi connectivity index (χ2v) is 6.30. The average Bonchev–Trinajstić information content (AvgIpc) is 2.46. The van der Waals surface area contributed by atoms with Crippen molar-refractivity contribution < 1.29 is 8.78 Å². The van der Waals surface area contributed by atoms with E-state index in [0.29, 0.717) is 24.3 Å². The van der Waals surface area contributed by atoms with Gasteiger partial charge in [0.1, 0.15) is 11.6 Å². The Bertz CT molecular complexity index is 427. The molecule has 2 rings (SSSR count). The standard InChI is InChI=1S/C18H27F2N/c1-3-6-13-9-10-18(21-4-2)14(11-13)12-15-16(19)7-5-8-17(15)20/h5,7-8,13-14,18,21H,3-4,6,9-12H2,1-2H3. The van der Waals surface area contributed by atoms with Gasteiger partial charge in [0.2, 0.25) is 0 Å². The molecule has 3 unspecified atom stereocenters. The smallest absolute Gasteiger partial charge is 0.129 e. The Morgan fingerprint density at radius 2 is 1.86 bits per heavy atom. The molecule has 21 heavy (non-hydrogen) atoms. The molecule has 0 radical (unpaired) electrons. The van der Waals surface area contributed by atoms with Gasteiger partial charge in [0, 0.05) is 11.6 Å². The van der Waals surface area contributed by atoms with Crippen molar-refractivity contribution >= 4 is 0 Å². The monoisotopic (exact) mass is 295 g/mol. The summed E-state index contributed by atoms with van der Waals surface area (Å²) < 4.78 is 27.8. The van der Waals surface area contributed by atoms with E-state index in [1.807, 2.05) is 0 Å². The first kappa shape index (κ1) is 16.4. The minimum absolute atomic E-state index is 0.266. The van der Waals surface area contributed by atoms with E-state index in [1.165, 1.54) is 37.5 Å². The summed E-state index contributed by atoms with van der Waals surface area (Å²) in [5.41, 5.74) is 0.266. The van der Waals surface area contributed by atoms with Crippen molar-refractivity contribution in [2.75, 3.05) is 6.54 Å². The van der Waals surface area contributed by atoms with Crippen LogP contribution in [0.5, 0.6) is 0 Å². The normalized spacial score (nSPS) is 26.0. The van der Waals surface area contributed by atoms with Gasteiger partial charge in [-0.2, -0.15) is 0 Å². The minimum atomic E-state index is -0.400. The molecule has 1 aliphatic carbocycles. The van der Waals surface area contributed by atoms with Gasteiger partial charge in [-0.25, -0.2) is 8.78 Å². The third-order valence-corrected chi connectivity index (χ3v) is 4.78. The van der Waals surface area contributed by atoms with E-state index in [9.17, 15) is 8.78 Å². The summed E-state index contributed by atoms with van der Waals surface area (Å²) in [4.78, 5) is 0. The molecule has 0 aromatic heterocycles. The lowest BCUT2D eigenvalue weighted by atomic mass is 9.74. The summed E-state index contributed by atoms with van der Waals surface area (Å²) in [6.07, 6.45) is 6.38. The zero-order valence-corrected chi connectivity index (χ0v) is 13.2. The lowest BCUT2D eigenvalue weighted by Crippen LogP contribution is -2.41. The van der Waals surface area contributed by atoms with Crippen LogP contribution in [0.15, 0.2) is 18.2 Å². The van der Waals surface area contributed by atoms with Crippen LogP contribution in [0.4, 0.5) is 8.78 Å². The zero-order valence-electron chi connectivity index (χ0n) is 13.2. The quantitative estimate of drug-likeness (QED) is 0.802. The molecule has 0 bridgehead atoms. The summed E-state index contributed by atoms with van der Waals surface area (Å²) in [5, 5.41) is 3.51. The number of rotatable bonds is 6. The van der Waals surface area contributed by atoms with Gasteiger partial charge in [0.15, 0.2) is 0 Å². The van der Waals surface area contributed by atoms with Gasteiger partial charge < -0.3 is 5.32 Å². The summed E-state index contributed by atoms with van der Waals surface area (Å²) in [5.74, 6) is 0.247. The minimum Gasteiger partial charge on any atom is -0.314 e. The van der Waals surface area contributed by atoms with Crippen molar-refractivity contribution in [2.45, 2.75) is 58.4 Å². The molecule has 3 atom stereocenters. The van der Waals surface area contributed by atoms with Crippen LogP contribution < -0.4 is 5.32 Å². The first-order valence-corrected chi connectivity index (χ1v) is 8.31. The van der Waals surface area contributed by atoms with Gasteiger partial charge >= 0.3 is 0 Å². The topological polar surface area (TPSA) is 12.0 Å². The van der Waals surface area contributed by atoms with Gasteiger partial charge in [-0.05, 0) is 56.2 Å². The maximum absolute atomic E-state index is 13.9. The summed E-state index contributed by atoms with van der Waals surface area (Å²) in [7, 11) is 0. The molecule has 0 aliphatic heterocycles. The molecule has 3 heteroatoms. The Morgan fingerprint density at radius 3 is 2.48 bits per heavy atom. The predicted octanol–water partition coefficient (Wildman–Crippen LogP) is 4.70. The lowest BCUT2D eigenvalue weighted by Gasteiger charge is -2.37. The van der Waals surface area contributed by atoms with Gasteiger partial charge in [-0.15, -0.1) is 0 Å². The summed E-state index contributed by atoms with van der Waals surface area (Å²) in [6.45, 7) is 5.22. The van der Waals surface area contributed by atoms with E-state index in [2.05, 4.69) is 19.2 Å². The fourth-order valence-corrected chi connectivity index (χ4v) is 3.78. The van der Waals surface area contributed by atoms with E-state index in [-0.39, 0.29) is 5.56 Å². The fraction of sp³-hybridized carbons (Fsp3) is 0.667. The largest absolute Gasteiger partial charge is 0.314 e. The Labute approximate surface area is 127 Å². The summed E-state index contributed by atoms with van der Waals surface area (Å²) in [6, 6.07) is 4.57. The average molecular weight is 295 g/mol. The molecule has 1 aromatic carbocycles. The predicted molar refractivity (Wildman–Crippen MR) is 83.3 cm³/mol. The van der Waals surface area contributed by atoms with Crippen molar-refractivity contribution in [3.05, 3.63) is 35.4 Å². The van der Waals surface area contributed by atoms with Crippen LogP contribution in [0, 0.1) is 23.5 Å². The zero-order chi connectivity index (χ0) is 15.2. The van der Waals surface area contributed by atoms with E-state index in [0.717, 1.165) is 19.4 Å². The number of hydrogen-bond donors (Lipinski definition) is 1. The first-order chi connectivity index (χ1) is 10.2. The highest BCUT2D eigenvalue weighted by Crippen LogP contribution is 2.35. The number of hydrogen-bond acceptors (Lipinski definition) is 1. The molecule has 1 saturated carbocycles. The van der Waals surface area contributed by atoms with E-state index < -0.39 is 11.6 Å². The van der Waals surface area contributed by atoms with Crippen LogP contribution in [0.3, 0.4) is 0 Å². The van der Waals surface area contributed by atoms with E-state index in [1.54, 1.807) is 0 Å². The SMILES string of the molecule is CCCC1CCC(NCC)C(Cc2c(F)cccc2F)C1. The maximum Gasteiger partial charge on any atom is 0.129 e. The lowest BCUT2D eigenvalue weighted by molar-refractivity contribution is 0.193. The highest BCUT2D eigenvalue weighted by Gasteiger charge is 2.30. The van der Waals surface area contributed by atoms with Crippen molar-refractivity contribution in [1.29, 1.82) is 0 Å². The van der Waals surface area contributed by atoms with Gasteiger partial charge in [-0.3, -0.25) is 0 Å². The first-order valence-electron chi connectivity index (χ1n) is 8.31. The van der Waals surface area contributed by atoms with Crippen LogP contribution >= 0.6 is 0 Å². The van der Waals surface area contributed by atoms with Gasteiger partial charge in [0.05, 0.1) is 0 Å². The Balaban J connectivity index is 2.12. The van der Waals surface area contributed by atoms with Crippen LogP contribution in [-0.4, -0.2) is 12.6 Å². The molecule has 1 fully saturated rings. The highest BCUT2D eigenvalue weighted by atomic mass is 19.1. The molecule has 0 heterocycles. The number of halogens is 2. The van der Waals surface area contributed by atoms with Crippen molar-refractivity contribution in [3.8, 4) is 0 Å². The molecule has 0 saturated heterocycles. The van der Waals surface area contributed by atoms with Crippen LogP contribution in [-0.2, 0) is 6.42 Å². The molecule has 118 valence electrons. The molecular weight excluding hydrogens is 268 g/mol. The van der Waals surface area contributed by atoms with Crippen molar-refractivity contribution in [1.82, 2.24) is 5.32 Å². The third-order valence-electron chi connectivity index (χ3n) is 4.78. The Hall–Kier alpha value is -0.960. The highest BCUT2D eigenvalue weighted by molar-refractivity contribution is 5.20. The van der Waals surface area contributed by atoms with E-state index in [4.69, 9.17) is 0 Å². The molecule has 1 aliphatic rings. The van der Waals surface area contributed by atoms with Crippen molar-refractivity contribution in [3.63, 3.8) is 0 Å². The van der Waals surface area contributed by atoms with E-state index >= 15 is 0 Å². The third kappa shape index (κ3) is 4.26. The molecule has 0 spiro atoms. The summed E-state index contributed by atoms with van der Waals surface area (Å²) >= 11 is 0. The van der Waals surface area contributed by atoms with Gasteiger partial charge in [0.25, 0.3) is 0 Å². The van der Waals surface area contributed by atoms with Crippen LogP contribution in [0.2, 0.25) is 0 Å². The fourth-order valence-electron chi connectivity index (χ4n) is 3.78. The van der Waals surface area contributed by atoms with Crippen LogP contribution in [0.25, 0.3) is 0 Å². The molecule has 1 N–H and O–H groups in total. The van der Waals surface area contributed by atoms with Crippen LogP contribution in [0.1, 0.15) is 51.5 Å². The molecule has 1 aromatic rings. The molecule has 0 amide bonds. The molecule has 1 nitrogen and oxygen atoms in total. The van der Waals surface area contributed by atoms with Gasteiger partial charge in [-0.1, -0.05) is 32.8 Å². The Morgan fingerprint density at radius 1 is 1.14 bits per heavy atom. The Kier molecular flexibility index (Phi) is 6.16. The number of benzene rings is 1. The number of nitrogens with one attached hydrogen (secondary N) is 1. The second-order valence-electron chi connectivity index (χ2n) is 6.30. The molecular formula is C18H27F2N. The second kappa shape index (κ2) is 7.88.